The second-order valence-corrected chi connectivity index (χ2v) is 13.4. The van der Waals surface area contributed by atoms with Gasteiger partial charge in [0.15, 0.2) is 7.14 Å². The first-order valence-corrected chi connectivity index (χ1v) is 15.5. The van der Waals surface area contributed by atoms with Crippen molar-refractivity contribution in [3.05, 3.63) is 92.1 Å². The molecular weight excluding hydrogens is 606 g/mol. The number of hydrogen-bond acceptors (Lipinski definition) is 4. The van der Waals surface area contributed by atoms with Crippen LogP contribution in [0.3, 0.4) is 0 Å². The largest absolute Gasteiger partial charge is 0.357 e. The van der Waals surface area contributed by atoms with E-state index in [1.807, 2.05) is 0 Å². The van der Waals surface area contributed by atoms with Crippen LogP contribution in [0.15, 0.2) is 84.9 Å². The van der Waals surface area contributed by atoms with Crippen LogP contribution in [0.4, 0.5) is 0 Å². The van der Waals surface area contributed by atoms with Crippen molar-refractivity contribution in [2.45, 2.75) is 0 Å². The van der Waals surface area contributed by atoms with E-state index in [0.717, 1.165) is 0 Å². The van der Waals surface area contributed by atoms with Crippen LogP contribution in [0.25, 0.3) is 21.5 Å². The van der Waals surface area contributed by atoms with Crippen LogP contribution in [-0.4, -0.2) is 13.5 Å². The van der Waals surface area contributed by atoms with Gasteiger partial charge in [0.1, 0.15) is 0 Å². The van der Waals surface area contributed by atoms with Gasteiger partial charge in [0, 0.05) is 0 Å². The van der Waals surface area contributed by atoms with Crippen molar-refractivity contribution < 1.29 is 66.0 Å². The van der Waals surface area contributed by atoms with Crippen molar-refractivity contribution in [3.63, 3.8) is 0 Å². The molecule has 0 amide bonds. The van der Waals surface area contributed by atoms with E-state index >= 15 is 0 Å². The Hall–Kier alpha value is -1.51. The summed E-state index contributed by atoms with van der Waals surface area (Å²) in [4.78, 5) is 15.5. The van der Waals surface area contributed by atoms with Gasteiger partial charge < -0.3 is 0 Å². The first-order chi connectivity index (χ1) is 14.1. The van der Waals surface area contributed by atoms with E-state index in [-0.39, 0.29) is 21.2 Å². The molecule has 156 valence electrons. The van der Waals surface area contributed by atoms with Crippen molar-refractivity contribution in [2.75, 3.05) is 0 Å². The maximum absolute atomic E-state index is 9.61. The minimum Gasteiger partial charge on any atom is -0.0616 e. The van der Waals surface area contributed by atoms with Gasteiger partial charge in [0.25, 0.3) is 0 Å². The number of hydrogen-bond donors (Lipinski definition) is 3. The summed E-state index contributed by atoms with van der Waals surface area (Å²) in [6.45, 7) is 0. The summed E-state index contributed by atoms with van der Waals surface area (Å²) in [5.74, 6) is 0. The predicted molar refractivity (Wildman–Crippen MR) is 102 cm³/mol. The second-order valence-electron chi connectivity index (χ2n) is 6.07. The maximum atomic E-state index is 9.61. The Morgan fingerprint density at radius 1 is 0.700 bits per heavy atom. The quantitative estimate of drug-likeness (QED) is 0.176. The van der Waals surface area contributed by atoms with Gasteiger partial charge in [-0.25, -0.2) is 0 Å². The monoisotopic (exact) mass is 625 g/mol. The number of fused-ring (bicyclic) bond motifs is 2. The number of halogens is 1. The normalized spacial score (nSPS) is 11.8. The van der Waals surface area contributed by atoms with E-state index < -0.39 is 24.6 Å². The molecule has 10 heteroatoms. The fraction of sp³-hybridized carbons (Fsp3) is 0. The molecular formula is C20H17IMoO7P+. The predicted octanol–water partition coefficient (Wildman–Crippen LogP) is 0.884. The van der Waals surface area contributed by atoms with Gasteiger partial charge in [-0.1, -0.05) is 48.5 Å². The molecule has 4 aromatic carbocycles. The van der Waals surface area contributed by atoms with Gasteiger partial charge in [-0.05, 0) is 57.9 Å². The van der Waals surface area contributed by atoms with Gasteiger partial charge in [-0.2, -0.15) is 0 Å². The van der Waals surface area contributed by atoms with Gasteiger partial charge in [-0.15, -0.1) is 0 Å². The first kappa shape index (κ1) is 23.2. The van der Waals surface area contributed by atoms with Crippen LogP contribution in [0.2, 0.25) is 0 Å². The van der Waals surface area contributed by atoms with E-state index in [2.05, 4.69) is 88.1 Å². The standard InChI is InChI=1S/C20H14I.Mo.H3O4P.H2O.2O/c1-3-7-17-13-19(11-9-15(17)5-1)21-20-12-10-16-6-2-4-8-18(16)14-20;;1-5(2,3)4;;;/h1-14H;;(H3,1,2,3,4);1H2;;/q+1;+2;;;;/p-2. The Kier molecular flexibility index (Phi) is 7.52. The van der Waals surface area contributed by atoms with Gasteiger partial charge in [-0.3, -0.25) is 0 Å². The van der Waals surface area contributed by atoms with Crippen LogP contribution in [-0.2, 0) is 31.3 Å². The molecule has 3 N–H and O–H groups in total. The molecule has 0 atom stereocenters. The fourth-order valence-corrected chi connectivity index (χ4v) is 7.16. The molecule has 7 nitrogen and oxygen atoms in total. The second kappa shape index (κ2) is 9.74. The van der Waals surface area contributed by atoms with E-state index in [1.165, 1.54) is 28.7 Å². The SMILES string of the molecule is O=P(O)(O)[O][Mo](=[O])(=[O])[OH].c1ccc2cc([I+]c3ccc4ccccc4c3)ccc2c1. The van der Waals surface area contributed by atoms with E-state index in [0.29, 0.717) is 0 Å². The molecule has 30 heavy (non-hydrogen) atoms. The molecule has 0 radical (unpaired) electrons. The van der Waals surface area contributed by atoms with Crippen molar-refractivity contribution in [1.29, 1.82) is 0 Å². The molecule has 0 saturated carbocycles. The van der Waals surface area contributed by atoms with Crippen LogP contribution in [0, 0.1) is 7.14 Å². The maximum Gasteiger partial charge on any atom is 0.357 e. The molecule has 4 aromatic rings. The minimum absolute atomic E-state index is 0.121. The zero-order valence-corrected chi connectivity index (χ0v) is 20.3. The first-order valence-electron chi connectivity index (χ1n) is 8.46. The molecule has 0 spiro atoms. The summed E-state index contributed by atoms with van der Waals surface area (Å²) in [7, 11) is -5.08. The van der Waals surface area contributed by atoms with E-state index in [1.54, 1.807) is 0 Å². The van der Waals surface area contributed by atoms with Crippen LogP contribution < -0.4 is 21.2 Å². The summed E-state index contributed by atoms with van der Waals surface area (Å²) in [6.07, 6.45) is 0. The zero-order chi connectivity index (χ0) is 21.8. The van der Waals surface area contributed by atoms with Crippen LogP contribution in [0.5, 0.6) is 0 Å². The van der Waals surface area contributed by atoms with Crippen LogP contribution >= 0.6 is 7.82 Å². The Morgan fingerprint density at radius 2 is 1.10 bits per heavy atom. The average Bonchev–Trinajstić information content (AvgIpc) is 2.65. The Labute approximate surface area is 186 Å². The van der Waals surface area contributed by atoms with Gasteiger partial charge in [0.2, 0.25) is 0 Å². The third-order valence-corrected chi connectivity index (χ3v) is 9.62. The number of benzene rings is 4. The Bertz CT molecular complexity index is 1260. The van der Waals surface area contributed by atoms with E-state index in [9.17, 15) is 11.4 Å². The fourth-order valence-electron chi connectivity index (χ4n) is 2.69. The summed E-state index contributed by atoms with van der Waals surface area (Å²) in [5.41, 5.74) is 0. The van der Waals surface area contributed by atoms with Crippen molar-refractivity contribution in [1.82, 2.24) is 0 Å². The zero-order valence-electron chi connectivity index (χ0n) is 15.3. The van der Waals surface area contributed by atoms with Crippen molar-refractivity contribution >= 4 is 29.4 Å². The van der Waals surface area contributed by atoms with Gasteiger partial charge >= 0.3 is 73.9 Å². The molecule has 0 fully saturated rings. The smallest absolute Gasteiger partial charge is 0.0616 e. The van der Waals surface area contributed by atoms with Gasteiger partial charge in [0.05, 0.1) is 0 Å². The van der Waals surface area contributed by atoms with Crippen molar-refractivity contribution in [3.8, 4) is 0 Å². The third kappa shape index (κ3) is 7.32. The van der Waals surface area contributed by atoms with Crippen molar-refractivity contribution in [2.24, 2.45) is 0 Å². The molecule has 0 aliphatic rings. The van der Waals surface area contributed by atoms with E-state index in [4.69, 9.17) is 13.5 Å². The summed E-state index contributed by atoms with van der Waals surface area (Å²) in [6, 6.07) is 30.9. The number of rotatable bonds is 4. The third-order valence-electron chi connectivity index (χ3n) is 3.83. The Balaban J connectivity index is 0.000000244. The molecule has 0 aliphatic heterocycles. The summed E-state index contributed by atoms with van der Waals surface area (Å²) >= 11 is -6.15. The molecule has 0 bridgehead atoms. The molecule has 0 saturated heterocycles. The minimum atomic E-state index is -6.03. The average molecular weight is 623 g/mol. The topological polar surface area (TPSA) is 121 Å². The molecule has 4 rings (SSSR count). The molecule has 0 heterocycles. The molecule has 0 aliphatic carbocycles. The summed E-state index contributed by atoms with van der Waals surface area (Å²) in [5, 5.41) is 5.33. The molecule has 0 aromatic heterocycles. The summed E-state index contributed by atoms with van der Waals surface area (Å²) < 4.78 is 42.4. The van der Waals surface area contributed by atoms with Crippen LogP contribution in [0.1, 0.15) is 0 Å². The number of phosphoric acid groups is 1. The molecule has 0 unspecified atom stereocenters. The Morgan fingerprint density at radius 3 is 1.43 bits per heavy atom.